The van der Waals surface area contributed by atoms with Crippen LogP contribution in [0.4, 0.5) is 0 Å². The van der Waals surface area contributed by atoms with Gasteiger partial charge in [-0.2, -0.15) is 0 Å². The molecule has 3 rings (SSSR count). The number of rotatable bonds is 5. The highest BCUT2D eigenvalue weighted by Gasteiger charge is 2.34. The van der Waals surface area contributed by atoms with Crippen molar-refractivity contribution in [2.45, 2.75) is 63.8 Å². The van der Waals surface area contributed by atoms with E-state index in [0.29, 0.717) is 30.4 Å². The molecule has 1 aromatic carbocycles. The molecule has 4 nitrogen and oxygen atoms in total. The van der Waals surface area contributed by atoms with Gasteiger partial charge in [-0.3, -0.25) is 4.79 Å². The van der Waals surface area contributed by atoms with Gasteiger partial charge in [0.2, 0.25) is 5.91 Å². The van der Waals surface area contributed by atoms with Gasteiger partial charge in [0.25, 0.3) is 0 Å². The van der Waals surface area contributed by atoms with E-state index in [2.05, 4.69) is 4.90 Å². The molecule has 1 aliphatic heterocycles. The zero-order chi connectivity index (χ0) is 16.9. The van der Waals surface area contributed by atoms with Crippen LogP contribution in [-0.4, -0.2) is 34.5 Å². The summed E-state index contributed by atoms with van der Waals surface area (Å²) in [5.74, 6) is -0.0425. The Bertz CT molecular complexity index is 592. The number of carbonyl (C=O) groups excluding carboxylic acids is 1. The summed E-state index contributed by atoms with van der Waals surface area (Å²) in [5.41, 5.74) is 1.07. The third-order valence-corrected chi connectivity index (χ3v) is 5.67. The zero-order valence-electron chi connectivity index (χ0n) is 14.2. The second-order valence-corrected chi connectivity index (χ2v) is 7.16. The van der Waals surface area contributed by atoms with E-state index < -0.39 is 5.97 Å². The number of aromatic carboxylic acids is 1. The number of carboxylic acids is 1. The van der Waals surface area contributed by atoms with Crippen molar-refractivity contribution in [2.24, 2.45) is 5.92 Å². The number of amides is 1. The summed E-state index contributed by atoms with van der Waals surface area (Å²) >= 11 is 0. The quantitative estimate of drug-likeness (QED) is 0.891. The lowest BCUT2D eigenvalue weighted by molar-refractivity contribution is -0.133. The van der Waals surface area contributed by atoms with Crippen molar-refractivity contribution < 1.29 is 14.7 Å². The van der Waals surface area contributed by atoms with Crippen LogP contribution in [0.15, 0.2) is 24.3 Å². The summed E-state index contributed by atoms with van der Waals surface area (Å²) in [6.07, 6.45) is 9.63. The van der Waals surface area contributed by atoms with Crippen LogP contribution in [0.3, 0.4) is 0 Å². The van der Waals surface area contributed by atoms with Gasteiger partial charge in [0.05, 0.1) is 5.56 Å². The Hall–Kier alpha value is -1.84. The number of benzene rings is 1. The topological polar surface area (TPSA) is 57.6 Å². The van der Waals surface area contributed by atoms with E-state index in [1.54, 1.807) is 12.1 Å². The minimum atomic E-state index is -0.917. The fraction of sp³-hybridized carbons (Fsp3) is 0.600. The van der Waals surface area contributed by atoms with Gasteiger partial charge in [0.1, 0.15) is 0 Å². The molecule has 4 heteroatoms. The predicted octanol–water partition coefficient (Wildman–Crippen LogP) is 3.89. The number of hydrogen-bond donors (Lipinski definition) is 1. The lowest BCUT2D eigenvalue weighted by Gasteiger charge is -2.34. The molecule has 1 aromatic rings. The van der Waals surface area contributed by atoms with Crippen molar-refractivity contribution >= 4 is 11.9 Å². The average Bonchev–Trinajstić information content (AvgIpc) is 3.10. The Morgan fingerprint density at radius 1 is 1.04 bits per heavy atom. The van der Waals surface area contributed by atoms with Crippen LogP contribution in [0.1, 0.15) is 67.3 Å². The summed E-state index contributed by atoms with van der Waals surface area (Å²) in [5, 5.41) is 9.26. The highest BCUT2D eigenvalue weighted by atomic mass is 16.4. The Balaban J connectivity index is 1.61. The Kier molecular flexibility index (Phi) is 5.54. The molecule has 1 aliphatic carbocycles. The van der Waals surface area contributed by atoms with E-state index in [4.69, 9.17) is 0 Å². The van der Waals surface area contributed by atoms with Gasteiger partial charge in [-0.1, -0.05) is 37.5 Å². The molecule has 1 atom stereocenters. The first-order valence-electron chi connectivity index (χ1n) is 9.27. The maximum Gasteiger partial charge on any atom is 0.335 e. The molecular weight excluding hydrogens is 302 g/mol. The number of hydrogen-bond acceptors (Lipinski definition) is 2. The molecule has 130 valence electrons. The van der Waals surface area contributed by atoms with Gasteiger partial charge < -0.3 is 10.0 Å². The molecule has 0 aromatic heterocycles. The maximum absolute atomic E-state index is 12.7. The van der Waals surface area contributed by atoms with Crippen molar-refractivity contribution in [3.8, 4) is 0 Å². The average molecular weight is 329 g/mol. The number of aryl methyl sites for hydroxylation is 1. The van der Waals surface area contributed by atoms with Crippen LogP contribution < -0.4 is 0 Å². The first kappa shape index (κ1) is 17.0. The maximum atomic E-state index is 12.7. The van der Waals surface area contributed by atoms with Gasteiger partial charge in [-0.25, -0.2) is 4.79 Å². The van der Waals surface area contributed by atoms with Crippen molar-refractivity contribution in [3.63, 3.8) is 0 Å². The molecule has 24 heavy (non-hydrogen) atoms. The molecule has 1 N–H and O–H groups in total. The predicted molar refractivity (Wildman–Crippen MR) is 93.0 cm³/mol. The Morgan fingerprint density at radius 2 is 1.79 bits per heavy atom. The van der Waals surface area contributed by atoms with Crippen LogP contribution in [-0.2, 0) is 11.2 Å². The van der Waals surface area contributed by atoms with Crippen molar-refractivity contribution in [1.29, 1.82) is 0 Å². The van der Waals surface area contributed by atoms with E-state index >= 15 is 0 Å². The zero-order valence-corrected chi connectivity index (χ0v) is 14.2. The van der Waals surface area contributed by atoms with Crippen LogP contribution in [0.2, 0.25) is 0 Å². The van der Waals surface area contributed by atoms with Crippen LogP contribution in [0.25, 0.3) is 0 Å². The minimum Gasteiger partial charge on any atom is -0.478 e. The van der Waals surface area contributed by atoms with Gasteiger partial charge in [-0.15, -0.1) is 0 Å². The standard InChI is InChI=1S/C20H27NO3/c22-19(13-12-15-7-4-5-10-17(15)20(23)24)21-14-6-11-18(21)16-8-2-1-3-9-16/h4-5,7,10,16,18H,1-3,6,8-9,11-14H2,(H,23,24). The number of likely N-dealkylation sites (tertiary alicyclic amines) is 1. The van der Waals surface area contributed by atoms with Crippen LogP contribution in [0, 0.1) is 5.92 Å². The second kappa shape index (κ2) is 7.82. The minimum absolute atomic E-state index is 0.197. The Morgan fingerprint density at radius 3 is 2.54 bits per heavy atom. The van der Waals surface area contributed by atoms with Crippen molar-refractivity contribution in [2.75, 3.05) is 6.54 Å². The molecule has 0 spiro atoms. The molecule has 1 saturated carbocycles. The molecule has 2 fully saturated rings. The second-order valence-electron chi connectivity index (χ2n) is 7.16. The monoisotopic (exact) mass is 329 g/mol. The summed E-state index contributed by atoms with van der Waals surface area (Å²) in [4.78, 5) is 26.1. The van der Waals surface area contributed by atoms with Gasteiger partial charge >= 0.3 is 5.97 Å². The molecule has 1 heterocycles. The Labute approximate surface area is 143 Å². The number of carboxylic acid groups (broad SMARTS) is 1. The highest BCUT2D eigenvalue weighted by Crippen LogP contribution is 2.34. The third kappa shape index (κ3) is 3.80. The van der Waals surface area contributed by atoms with E-state index in [1.165, 1.54) is 32.1 Å². The van der Waals surface area contributed by atoms with E-state index in [-0.39, 0.29) is 5.91 Å². The van der Waals surface area contributed by atoms with Crippen molar-refractivity contribution in [3.05, 3.63) is 35.4 Å². The fourth-order valence-corrected chi connectivity index (χ4v) is 4.44. The first-order valence-corrected chi connectivity index (χ1v) is 9.27. The molecule has 1 saturated heterocycles. The summed E-state index contributed by atoms with van der Waals surface area (Å²) < 4.78 is 0. The fourth-order valence-electron chi connectivity index (χ4n) is 4.44. The lowest BCUT2D eigenvalue weighted by atomic mass is 9.83. The van der Waals surface area contributed by atoms with Gasteiger partial charge in [0.15, 0.2) is 0 Å². The molecule has 2 aliphatic rings. The summed E-state index contributed by atoms with van der Waals surface area (Å²) in [6, 6.07) is 7.43. The van der Waals surface area contributed by atoms with E-state index in [9.17, 15) is 14.7 Å². The van der Waals surface area contributed by atoms with Crippen LogP contribution in [0.5, 0.6) is 0 Å². The smallest absolute Gasteiger partial charge is 0.335 e. The summed E-state index contributed by atoms with van der Waals surface area (Å²) in [7, 11) is 0. The van der Waals surface area contributed by atoms with Gasteiger partial charge in [0, 0.05) is 19.0 Å². The van der Waals surface area contributed by atoms with E-state index in [0.717, 1.165) is 24.9 Å². The lowest BCUT2D eigenvalue weighted by Crippen LogP contribution is -2.40. The SMILES string of the molecule is O=C(O)c1ccccc1CCC(=O)N1CCCC1C1CCCCC1. The first-order chi connectivity index (χ1) is 11.7. The molecule has 1 amide bonds. The molecule has 0 radical (unpaired) electrons. The number of carbonyl (C=O) groups is 2. The molecule has 1 unspecified atom stereocenters. The highest BCUT2D eigenvalue weighted by molar-refractivity contribution is 5.89. The molecular formula is C20H27NO3. The normalized spacial score (nSPS) is 21.8. The molecule has 0 bridgehead atoms. The van der Waals surface area contributed by atoms with Gasteiger partial charge in [-0.05, 0) is 49.7 Å². The third-order valence-electron chi connectivity index (χ3n) is 5.67. The summed E-state index contributed by atoms with van der Waals surface area (Å²) in [6.45, 7) is 0.876. The van der Waals surface area contributed by atoms with Crippen LogP contribution >= 0.6 is 0 Å². The van der Waals surface area contributed by atoms with Crippen molar-refractivity contribution in [1.82, 2.24) is 4.90 Å². The largest absolute Gasteiger partial charge is 0.478 e. The number of nitrogens with zero attached hydrogens (tertiary/aromatic N) is 1. The van der Waals surface area contributed by atoms with E-state index in [1.807, 2.05) is 12.1 Å².